The first-order valence-corrected chi connectivity index (χ1v) is 7.93. The second-order valence-electron chi connectivity index (χ2n) is 5.07. The molecule has 0 saturated carbocycles. The molecule has 1 aromatic heterocycles. The van der Waals surface area contributed by atoms with Crippen LogP contribution in [0.5, 0.6) is 5.75 Å². The van der Waals surface area contributed by atoms with Gasteiger partial charge in [-0.1, -0.05) is 19.1 Å². The van der Waals surface area contributed by atoms with E-state index >= 15 is 0 Å². The molecule has 2 rings (SSSR count). The fourth-order valence-corrected chi connectivity index (χ4v) is 2.07. The number of nitrogens with one attached hydrogen (secondary N) is 2. The molecule has 2 amide bonds. The Bertz CT molecular complexity index is 716. The standard InChI is InChI=1S/C18H21N3O3/c1-3-10-20-18(23)15-12-13(9-11-19-15)17(22)21-14-7-5-6-8-16(14)24-4-2/h5-9,11-12H,3-4,10H2,1-2H3,(H,20,23)(H,21,22). The summed E-state index contributed by atoms with van der Waals surface area (Å²) in [5.74, 6) is -0.0152. The van der Waals surface area contributed by atoms with Crippen molar-refractivity contribution in [2.24, 2.45) is 0 Å². The summed E-state index contributed by atoms with van der Waals surface area (Å²) in [4.78, 5) is 28.4. The minimum absolute atomic E-state index is 0.217. The van der Waals surface area contributed by atoms with Crippen molar-refractivity contribution in [1.29, 1.82) is 0 Å². The first kappa shape index (κ1) is 17.5. The lowest BCUT2D eigenvalue weighted by atomic mass is 10.2. The molecule has 0 aliphatic heterocycles. The summed E-state index contributed by atoms with van der Waals surface area (Å²) in [5, 5.41) is 5.53. The summed E-state index contributed by atoms with van der Waals surface area (Å²) >= 11 is 0. The molecule has 2 aromatic rings. The molecule has 0 aliphatic carbocycles. The van der Waals surface area contributed by atoms with E-state index in [0.29, 0.717) is 30.2 Å². The molecule has 6 nitrogen and oxygen atoms in total. The van der Waals surface area contributed by atoms with Crippen molar-refractivity contribution in [2.75, 3.05) is 18.5 Å². The van der Waals surface area contributed by atoms with Crippen molar-refractivity contribution in [3.8, 4) is 5.75 Å². The van der Waals surface area contributed by atoms with Crippen LogP contribution in [-0.4, -0.2) is 29.9 Å². The highest BCUT2D eigenvalue weighted by molar-refractivity contribution is 6.06. The molecule has 1 aromatic carbocycles. The van der Waals surface area contributed by atoms with Gasteiger partial charge in [0, 0.05) is 18.3 Å². The second-order valence-corrected chi connectivity index (χ2v) is 5.07. The van der Waals surface area contributed by atoms with Gasteiger partial charge in [-0.05, 0) is 37.6 Å². The summed E-state index contributed by atoms with van der Waals surface area (Å²) in [6.45, 7) is 4.92. The number of hydrogen-bond acceptors (Lipinski definition) is 4. The van der Waals surface area contributed by atoms with Crippen molar-refractivity contribution in [3.63, 3.8) is 0 Å². The maximum Gasteiger partial charge on any atom is 0.269 e. The quantitative estimate of drug-likeness (QED) is 0.819. The molecular formula is C18H21N3O3. The van der Waals surface area contributed by atoms with Gasteiger partial charge in [-0.3, -0.25) is 14.6 Å². The number of carbonyl (C=O) groups is 2. The zero-order chi connectivity index (χ0) is 17.4. The maximum atomic E-state index is 12.4. The Morgan fingerprint density at radius 1 is 1.12 bits per heavy atom. The zero-order valence-electron chi connectivity index (χ0n) is 13.8. The molecule has 0 spiro atoms. The molecule has 0 unspecified atom stereocenters. The van der Waals surface area contributed by atoms with Gasteiger partial charge < -0.3 is 15.4 Å². The number of anilines is 1. The van der Waals surface area contributed by atoms with Gasteiger partial charge in [0.25, 0.3) is 11.8 Å². The van der Waals surface area contributed by atoms with Crippen molar-refractivity contribution in [3.05, 3.63) is 53.9 Å². The Kier molecular flexibility index (Phi) is 6.31. The van der Waals surface area contributed by atoms with Gasteiger partial charge in [0.15, 0.2) is 0 Å². The monoisotopic (exact) mass is 327 g/mol. The Morgan fingerprint density at radius 2 is 1.92 bits per heavy atom. The van der Waals surface area contributed by atoms with E-state index in [1.165, 1.54) is 12.3 Å². The zero-order valence-corrected chi connectivity index (χ0v) is 13.8. The lowest BCUT2D eigenvalue weighted by Gasteiger charge is -2.11. The van der Waals surface area contributed by atoms with Crippen molar-refractivity contribution in [1.82, 2.24) is 10.3 Å². The summed E-state index contributed by atoms with van der Waals surface area (Å²) in [6.07, 6.45) is 2.28. The molecule has 2 N–H and O–H groups in total. The van der Waals surface area contributed by atoms with Gasteiger partial charge in [0.05, 0.1) is 12.3 Å². The number of pyridine rings is 1. The van der Waals surface area contributed by atoms with E-state index in [1.54, 1.807) is 18.2 Å². The van der Waals surface area contributed by atoms with Crippen LogP contribution in [0.1, 0.15) is 41.1 Å². The summed E-state index contributed by atoms with van der Waals surface area (Å²) in [7, 11) is 0. The topological polar surface area (TPSA) is 80.3 Å². The van der Waals surface area contributed by atoms with E-state index in [0.717, 1.165) is 6.42 Å². The molecule has 0 atom stereocenters. The Balaban J connectivity index is 2.14. The van der Waals surface area contributed by atoms with Crippen LogP contribution < -0.4 is 15.4 Å². The third-order valence-corrected chi connectivity index (χ3v) is 3.23. The molecule has 0 bridgehead atoms. The van der Waals surface area contributed by atoms with Crippen molar-refractivity contribution >= 4 is 17.5 Å². The highest BCUT2D eigenvalue weighted by Crippen LogP contribution is 2.24. The van der Waals surface area contributed by atoms with Crippen LogP contribution in [0.3, 0.4) is 0 Å². The van der Waals surface area contributed by atoms with Gasteiger partial charge in [0.2, 0.25) is 0 Å². The Morgan fingerprint density at radius 3 is 2.67 bits per heavy atom. The fraction of sp³-hybridized carbons (Fsp3) is 0.278. The van der Waals surface area contributed by atoms with Crippen LogP contribution in [0.2, 0.25) is 0 Å². The number of rotatable bonds is 7. The summed E-state index contributed by atoms with van der Waals surface area (Å²) in [5.41, 5.74) is 1.16. The molecule has 0 radical (unpaired) electrons. The van der Waals surface area contributed by atoms with Gasteiger partial charge in [-0.25, -0.2) is 0 Å². The first-order valence-electron chi connectivity index (χ1n) is 7.93. The molecule has 6 heteroatoms. The number of nitrogens with zero attached hydrogens (tertiary/aromatic N) is 1. The number of para-hydroxylation sites is 2. The lowest BCUT2D eigenvalue weighted by Crippen LogP contribution is -2.25. The van der Waals surface area contributed by atoms with Gasteiger partial charge in [-0.2, -0.15) is 0 Å². The Labute approximate surface area is 141 Å². The number of benzene rings is 1. The maximum absolute atomic E-state index is 12.4. The largest absolute Gasteiger partial charge is 0.492 e. The first-order chi connectivity index (χ1) is 11.7. The van der Waals surface area contributed by atoms with Crippen molar-refractivity contribution < 1.29 is 14.3 Å². The van der Waals surface area contributed by atoms with E-state index < -0.39 is 0 Å². The average Bonchev–Trinajstić information content (AvgIpc) is 2.61. The number of aromatic nitrogens is 1. The van der Waals surface area contributed by atoms with Gasteiger partial charge in [0.1, 0.15) is 11.4 Å². The van der Waals surface area contributed by atoms with Crippen LogP contribution in [0.15, 0.2) is 42.6 Å². The Hall–Kier alpha value is -2.89. The van der Waals surface area contributed by atoms with Gasteiger partial charge in [-0.15, -0.1) is 0 Å². The molecule has 24 heavy (non-hydrogen) atoms. The summed E-state index contributed by atoms with van der Waals surface area (Å²) in [6, 6.07) is 10.2. The highest BCUT2D eigenvalue weighted by Gasteiger charge is 2.13. The second kappa shape index (κ2) is 8.67. The van der Waals surface area contributed by atoms with Crippen LogP contribution >= 0.6 is 0 Å². The third-order valence-electron chi connectivity index (χ3n) is 3.23. The van der Waals surface area contributed by atoms with Crippen molar-refractivity contribution in [2.45, 2.75) is 20.3 Å². The molecular weight excluding hydrogens is 306 g/mol. The van der Waals surface area contributed by atoms with E-state index in [1.807, 2.05) is 26.0 Å². The van der Waals surface area contributed by atoms with Crippen LogP contribution in [0.4, 0.5) is 5.69 Å². The predicted octanol–water partition coefficient (Wildman–Crippen LogP) is 2.87. The number of amides is 2. The predicted molar refractivity (Wildman–Crippen MR) is 92.4 cm³/mol. The minimum atomic E-state index is -0.325. The minimum Gasteiger partial charge on any atom is -0.492 e. The fourth-order valence-electron chi connectivity index (χ4n) is 2.07. The molecule has 126 valence electrons. The van der Waals surface area contributed by atoms with Crippen LogP contribution in [0.25, 0.3) is 0 Å². The molecule has 0 saturated heterocycles. The summed E-state index contributed by atoms with van der Waals surface area (Å²) < 4.78 is 5.49. The van der Waals surface area contributed by atoms with E-state index in [-0.39, 0.29) is 17.5 Å². The van der Waals surface area contributed by atoms with Gasteiger partial charge >= 0.3 is 0 Å². The molecule has 0 aliphatic rings. The third kappa shape index (κ3) is 4.55. The van der Waals surface area contributed by atoms with Crippen LogP contribution in [-0.2, 0) is 0 Å². The number of ether oxygens (including phenoxy) is 1. The molecule has 1 heterocycles. The highest BCUT2D eigenvalue weighted by atomic mass is 16.5. The van der Waals surface area contributed by atoms with Crippen LogP contribution in [0, 0.1) is 0 Å². The normalized spacial score (nSPS) is 10.1. The van der Waals surface area contributed by atoms with E-state index in [9.17, 15) is 9.59 Å². The van der Waals surface area contributed by atoms with E-state index in [2.05, 4.69) is 15.6 Å². The smallest absolute Gasteiger partial charge is 0.269 e. The molecule has 0 fully saturated rings. The van der Waals surface area contributed by atoms with E-state index in [4.69, 9.17) is 4.74 Å². The average molecular weight is 327 g/mol. The number of carbonyl (C=O) groups excluding carboxylic acids is 2. The SMILES string of the molecule is CCCNC(=O)c1cc(C(=O)Nc2ccccc2OCC)ccn1. The number of hydrogen-bond donors (Lipinski definition) is 2. The lowest BCUT2D eigenvalue weighted by molar-refractivity contribution is 0.0948.